The number of rotatable bonds is 12. The molecule has 0 unspecified atom stereocenters. The van der Waals surface area contributed by atoms with Gasteiger partial charge in [-0.05, 0) is 54.8 Å². The van der Waals surface area contributed by atoms with Gasteiger partial charge in [-0.2, -0.15) is 0 Å². The number of carbonyl (C=O) groups excluding carboxylic acids is 1. The summed E-state index contributed by atoms with van der Waals surface area (Å²) in [6.07, 6.45) is -12.0. The average Bonchev–Trinajstić information content (AvgIpc) is 3.04. The molecular weight excluding hydrogens is 612 g/mol. The molecule has 2 aliphatic heterocycles. The Hall–Kier alpha value is -3.51. The quantitative estimate of drug-likeness (QED) is 0.114. The fourth-order valence-electron chi connectivity index (χ4n) is 4.98. The van der Waals surface area contributed by atoms with E-state index in [-0.39, 0.29) is 30.3 Å². The number of hydrogen-bond donors (Lipinski definition) is 7. The van der Waals surface area contributed by atoms with E-state index in [2.05, 4.69) is 0 Å². The van der Waals surface area contributed by atoms with Gasteiger partial charge in [-0.1, -0.05) is 12.1 Å². The van der Waals surface area contributed by atoms with Crippen molar-refractivity contribution in [2.75, 3.05) is 27.4 Å². The van der Waals surface area contributed by atoms with E-state index in [0.29, 0.717) is 16.9 Å². The molecule has 2 saturated heterocycles. The van der Waals surface area contributed by atoms with Crippen molar-refractivity contribution in [1.29, 1.82) is 0 Å². The van der Waals surface area contributed by atoms with Crippen molar-refractivity contribution in [2.45, 2.75) is 74.8 Å². The van der Waals surface area contributed by atoms with Gasteiger partial charge in [-0.25, -0.2) is 4.79 Å². The third-order valence-electron chi connectivity index (χ3n) is 7.66. The first-order chi connectivity index (χ1) is 21.9. The van der Waals surface area contributed by atoms with Crippen LogP contribution in [-0.2, 0) is 34.9 Å². The van der Waals surface area contributed by atoms with E-state index < -0.39 is 74.0 Å². The van der Waals surface area contributed by atoms with Crippen LogP contribution in [-0.4, -0.2) is 131 Å². The zero-order valence-corrected chi connectivity index (χ0v) is 25.4. The minimum absolute atomic E-state index is 0.0217. The Balaban J connectivity index is 1.44. The Morgan fingerprint density at radius 2 is 1.57 bits per heavy atom. The van der Waals surface area contributed by atoms with Crippen LogP contribution in [0.5, 0.6) is 23.0 Å². The topological polar surface area (TPSA) is 223 Å². The number of aliphatic hydroxyl groups is 5. The second-order valence-electron chi connectivity index (χ2n) is 10.8. The Labute approximate surface area is 264 Å². The lowest BCUT2D eigenvalue weighted by atomic mass is 9.97. The molecule has 0 bridgehead atoms. The summed E-state index contributed by atoms with van der Waals surface area (Å²) in [6, 6.07) is 9.23. The predicted octanol–water partition coefficient (Wildman–Crippen LogP) is -0.410. The molecule has 0 radical (unpaired) electrons. The van der Waals surface area contributed by atoms with Gasteiger partial charge in [0.05, 0.1) is 26.9 Å². The number of ether oxygens (including phenoxy) is 7. The van der Waals surface area contributed by atoms with Gasteiger partial charge in [-0.15, -0.1) is 0 Å². The molecule has 0 spiro atoms. The number of aromatic hydroxyl groups is 2. The number of hydrogen-bond acceptors (Lipinski definition) is 15. The van der Waals surface area contributed by atoms with Crippen molar-refractivity contribution in [1.82, 2.24) is 0 Å². The van der Waals surface area contributed by atoms with Crippen LogP contribution in [0, 0.1) is 0 Å². The van der Waals surface area contributed by atoms with Crippen LogP contribution in [0.4, 0.5) is 0 Å². The standard InChI is InChI=1S/C31H40O15/c1-15-24(35)26(37)27(38)31(44-15)46-29-25(36)22(14-43-23(34)9-6-16-4-7-18(32)21(13-16)41-3)45-30(28(29)39)42-11-10-17-5-8-20(40-2)19(33)12-17/h4-9,12-13,15,22,24-33,35-39H,10-11,14H2,1-3H3/t15-,22+,24-,25+,26+,27-,28+,29-,30+,31+/m0/s1. The van der Waals surface area contributed by atoms with Gasteiger partial charge in [0.25, 0.3) is 0 Å². The average molecular weight is 653 g/mol. The van der Waals surface area contributed by atoms with E-state index in [4.69, 9.17) is 33.2 Å². The summed E-state index contributed by atoms with van der Waals surface area (Å²) in [5, 5.41) is 72.7. The predicted molar refractivity (Wildman–Crippen MR) is 157 cm³/mol. The second-order valence-corrected chi connectivity index (χ2v) is 10.8. The summed E-state index contributed by atoms with van der Waals surface area (Å²) in [5.41, 5.74) is 1.21. The lowest BCUT2D eigenvalue weighted by Gasteiger charge is -2.45. The fourth-order valence-corrected chi connectivity index (χ4v) is 4.98. The summed E-state index contributed by atoms with van der Waals surface area (Å²) in [6.45, 7) is 0.917. The SMILES string of the molecule is COc1ccc(CCO[C@@H]2O[C@H](COC(=O)C=Cc3ccc(O)c(OC)c3)[C@@H](O)[C@H](O[C@H]3O[C@@H](C)[C@H](O)[C@@H](O)[C@@H]3O)[C@H]2O)cc1O. The van der Waals surface area contributed by atoms with Crippen LogP contribution in [0.2, 0.25) is 0 Å². The van der Waals surface area contributed by atoms with Crippen LogP contribution in [0.3, 0.4) is 0 Å². The molecule has 0 amide bonds. The van der Waals surface area contributed by atoms with E-state index in [1.807, 2.05) is 0 Å². The zero-order valence-electron chi connectivity index (χ0n) is 25.4. The molecule has 2 heterocycles. The van der Waals surface area contributed by atoms with E-state index in [0.717, 1.165) is 6.08 Å². The summed E-state index contributed by atoms with van der Waals surface area (Å²) >= 11 is 0. The second kappa shape index (κ2) is 15.9. The van der Waals surface area contributed by atoms with Crippen LogP contribution in [0.15, 0.2) is 42.5 Å². The first-order valence-electron chi connectivity index (χ1n) is 14.5. The highest BCUT2D eigenvalue weighted by Gasteiger charge is 2.50. The van der Waals surface area contributed by atoms with E-state index in [1.54, 1.807) is 18.2 Å². The molecule has 2 aromatic rings. The smallest absolute Gasteiger partial charge is 0.330 e. The highest BCUT2D eigenvalue weighted by molar-refractivity contribution is 5.87. The first-order valence-corrected chi connectivity index (χ1v) is 14.5. The fraction of sp³-hybridized carbons (Fsp3) is 0.516. The molecule has 0 aliphatic carbocycles. The van der Waals surface area contributed by atoms with Crippen molar-refractivity contribution >= 4 is 12.0 Å². The molecule has 2 aromatic carbocycles. The Morgan fingerprint density at radius 3 is 2.26 bits per heavy atom. The van der Waals surface area contributed by atoms with E-state index >= 15 is 0 Å². The third-order valence-corrected chi connectivity index (χ3v) is 7.66. The van der Waals surface area contributed by atoms with Crippen LogP contribution < -0.4 is 9.47 Å². The molecule has 254 valence electrons. The molecule has 10 atom stereocenters. The Bertz CT molecular complexity index is 1340. The highest BCUT2D eigenvalue weighted by Crippen LogP contribution is 2.31. The number of carbonyl (C=O) groups is 1. The summed E-state index contributed by atoms with van der Waals surface area (Å²) < 4.78 is 38.1. The van der Waals surface area contributed by atoms with Gasteiger partial charge in [0.1, 0.15) is 49.3 Å². The summed E-state index contributed by atoms with van der Waals surface area (Å²) in [5.74, 6) is -0.454. The molecule has 15 heteroatoms. The van der Waals surface area contributed by atoms with Crippen molar-refractivity contribution < 1.29 is 73.7 Å². The van der Waals surface area contributed by atoms with Gasteiger partial charge in [0.15, 0.2) is 35.6 Å². The number of aliphatic hydroxyl groups excluding tert-OH is 5. The lowest BCUT2D eigenvalue weighted by Crippen LogP contribution is -2.64. The van der Waals surface area contributed by atoms with Crippen molar-refractivity contribution in [2.24, 2.45) is 0 Å². The maximum Gasteiger partial charge on any atom is 0.330 e. The van der Waals surface area contributed by atoms with Gasteiger partial charge in [-0.3, -0.25) is 0 Å². The van der Waals surface area contributed by atoms with E-state index in [1.165, 1.54) is 45.4 Å². The summed E-state index contributed by atoms with van der Waals surface area (Å²) in [4.78, 5) is 12.5. The number of methoxy groups -OCH3 is 2. The third kappa shape index (κ3) is 8.44. The first kappa shape index (κ1) is 35.3. The number of phenols is 2. The van der Waals surface area contributed by atoms with Gasteiger partial charge in [0, 0.05) is 6.08 Å². The molecule has 15 nitrogen and oxygen atoms in total. The van der Waals surface area contributed by atoms with Gasteiger partial charge >= 0.3 is 5.97 Å². The van der Waals surface area contributed by atoms with Crippen LogP contribution in [0.1, 0.15) is 18.1 Å². The minimum atomic E-state index is -1.73. The maximum atomic E-state index is 12.5. The molecular formula is C31H40O15. The van der Waals surface area contributed by atoms with Crippen LogP contribution >= 0.6 is 0 Å². The van der Waals surface area contributed by atoms with E-state index in [9.17, 15) is 40.5 Å². The lowest BCUT2D eigenvalue weighted by molar-refractivity contribution is -0.357. The largest absolute Gasteiger partial charge is 0.504 e. The van der Waals surface area contributed by atoms with Gasteiger partial charge < -0.3 is 68.9 Å². The number of esters is 1. The Morgan fingerprint density at radius 1 is 0.826 bits per heavy atom. The maximum absolute atomic E-state index is 12.5. The molecule has 2 fully saturated rings. The van der Waals surface area contributed by atoms with Crippen molar-refractivity contribution in [3.63, 3.8) is 0 Å². The van der Waals surface area contributed by atoms with Gasteiger partial charge in [0.2, 0.25) is 0 Å². The minimum Gasteiger partial charge on any atom is -0.504 e. The molecule has 46 heavy (non-hydrogen) atoms. The monoisotopic (exact) mass is 652 g/mol. The molecule has 0 saturated carbocycles. The molecule has 4 rings (SSSR count). The molecule has 7 N–H and O–H groups in total. The molecule has 2 aliphatic rings. The number of phenolic OH excluding ortho intramolecular Hbond substituents is 2. The highest BCUT2D eigenvalue weighted by atomic mass is 16.7. The zero-order chi connectivity index (χ0) is 33.5. The Kier molecular flexibility index (Phi) is 12.2. The normalized spacial score (nSPS) is 31.5. The summed E-state index contributed by atoms with van der Waals surface area (Å²) in [7, 11) is 2.80. The number of benzene rings is 2. The van der Waals surface area contributed by atoms with Crippen molar-refractivity contribution in [3.05, 3.63) is 53.6 Å². The van der Waals surface area contributed by atoms with Crippen molar-refractivity contribution in [3.8, 4) is 23.0 Å². The molecule has 0 aromatic heterocycles. The van der Waals surface area contributed by atoms with Crippen LogP contribution in [0.25, 0.3) is 6.08 Å².